The van der Waals surface area contributed by atoms with Crippen LogP contribution in [0.1, 0.15) is 284 Å². The lowest BCUT2D eigenvalue weighted by Crippen LogP contribution is -2.30. The first-order valence-corrected chi connectivity index (χ1v) is 29.6. The fraction of sp³-hybridized carbons (Fsp3) is 0.734. The Labute approximate surface area is 433 Å². The molecule has 6 nitrogen and oxygen atoms in total. The SMILES string of the molecule is CC/C=C\C/C=C\C/C=C\C/C=C\C/C=C\CCCCCCCCCC(=O)OCC(COC(=O)CCCCCCCCCCCCCCCC)OC(=O)CCCCCCC/C=C\C/C=C\CCCCC. The molecule has 0 aliphatic heterocycles. The van der Waals surface area contributed by atoms with E-state index in [1.54, 1.807) is 0 Å². The molecule has 0 radical (unpaired) electrons. The highest BCUT2D eigenvalue weighted by Crippen LogP contribution is 2.16. The van der Waals surface area contributed by atoms with Crippen molar-refractivity contribution < 1.29 is 28.6 Å². The van der Waals surface area contributed by atoms with Crippen LogP contribution in [0.15, 0.2) is 85.1 Å². The first kappa shape index (κ1) is 66.6. The fourth-order valence-electron chi connectivity index (χ4n) is 8.21. The van der Waals surface area contributed by atoms with Gasteiger partial charge in [0.2, 0.25) is 0 Å². The molecule has 0 saturated heterocycles. The molecule has 0 aliphatic rings. The molecule has 1 atom stereocenters. The molecule has 0 bridgehead atoms. The zero-order valence-corrected chi connectivity index (χ0v) is 46.0. The quantitative estimate of drug-likeness (QED) is 0.0261. The highest BCUT2D eigenvalue weighted by Gasteiger charge is 2.19. The zero-order chi connectivity index (χ0) is 50.7. The van der Waals surface area contributed by atoms with Gasteiger partial charge in [0, 0.05) is 19.3 Å². The van der Waals surface area contributed by atoms with Gasteiger partial charge in [-0.05, 0) is 96.3 Å². The van der Waals surface area contributed by atoms with E-state index in [9.17, 15) is 14.4 Å². The number of hydrogen-bond donors (Lipinski definition) is 0. The highest BCUT2D eigenvalue weighted by molar-refractivity contribution is 5.71. The molecule has 0 saturated carbocycles. The molecule has 0 aromatic heterocycles. The maximum atomic E-state index is 12.9. The van der Waals surface area contributed by atoms with E-state index in [0.717, 1.165) is 122 Å². The van der Waals surface area contributed by atoms with Crippen molar-refractivity contribution in [3.63, 3.8) is 0 Å². The fourth-order valence-corrected chi connectivity index (χ4v) is 8.21. The number of esters is 3. The summed E-state index contributed by atoms with van der Waals surface area (Å²) < 4.78 is 16.9. The summed E-state index contributed by atoms with van der Waals surface area (Å²) in [6.45, 7) is 6.50. The number of carbonyl (C=O) groups excluding carboxylic acids is 3. The lowest BCUT2D eigenvalue weighted by atomic mass is 10.0. The van der Waals surface area contributed by atoms with Gasteiger partial charge in [0.25, 0.3) is 0 Å². The third-order valence-electron chi connectivity index (χ3n) is 12.6. The molecular weight excluding hydrogens is 865 g/mol. The number of carbonyl (C=O) groups is 3. The van der Waals surface area contributed by atoms with Crippen molar-refractivity contribution in [1.82, 2.24) is 0 Å². The molecule has 0 N–H and O–H groups in total. The number of unbranched alkanes of at least 4 members (excludes halogenated alkanes) is 28. The minimum absolute atomic E-state index is 0.0836. The van der Waals surface area contributed by atoms with Crippen LogP contribution in [-0.2, 0) is 28.6 Å². The number of ether oxygens (including phenoxy) is 3. The second-order valence-electron chi connectivity index (χ2n) is 19.5. The van der Waals surface area contributed by atoms with Crippen molar-refractivity contribution >= 4 is 17.9 Å². The van der Waals surface area contributed by atoms with E-state index in [1.807, 2.05) is 0 Å². The predicted molar refractivity (Wildman–Crippen MR) is 302 cm³/mol. The van der Waals surface area contributed by atoms with Gasteiger partial charge in [-0.15, -0.1) is 0 Å². The van der Waals surface area contributed by atoms with Crippen LogP contribution < -0.4 is 0 Å². The Morgan fingerprint density at radius 1 is 0.300 bits per heavy atom. The van der Waals surface area contributed by atoms with E-state index in [1.165, 1.54) is 122 Å². The molecule has 0 fully saturated rings. The normalized spacial score (nSPS) is 12.7. The van der Waals surface area contributed by atoms with Gasteiger partial charge in [0.1, 0.15) is 13.2 Å². The van der Waals surface area contributed by atoms with E-state index in [2.05, 4.69) is 106 Å². The summed E-state index contributed by atoms with van der Waals surface area (Å²) in [5.74, 6) is -0.901. The van der Waals surface area contributed by atoms with Crippen LogP contribution in [0.25, 0.3) is 0 Å². The summed E-state index contributed by atoms with van der Waals surface area (Å²) in [6.07, 6.45) is 75.7. The van der Waals surface area contributed by atoms with Crippen molar-refractivity contribution in [3.8, 4) is 0 Å². The van der Waals surface area contributed by atoms with Gasteiger partial charge in [-0.25, -0.2) is 0 Å². The Balaban J connectivity index is 4.38. The molecule has 6 heteroatoms. The Kier molecular flexibility index (Phi) is 55.3. The third-order valence-corrected chi connectivity index (χ3v) is 12.6. The average Bonchev–Trinajstić information content (AvgIpc) is 3.36. The maximum absolute atomic E-state index is 12.9. The van der Waals surface area contributed by atoms with E-state index >= 15 is 0 Å². The third kappa shape index (κ3) is 55.5. The number of allylic oxidation sites excluding steroid dienone is 14. The van der Waals surface area contributed by atoms with Gasteiger partial charge in [0.15, 0.2) is 6.10 Å². The van der Waals surface area contributed by atoms with Gasteiger partial charge in [-0.1, -0.05) is 254 Å². The molecule has 0 rings (SSSR count). The zero-order valence-electron chi connectivity index (χ0n) is 46.0. The minimum Gasteiger partial charge on any atom is -0.462 e. The van der Waals surface area contributed by atoms with Crippen LogP contribution in [0.3, 0.4) is 0 Å². The van der Waals surface area contributed by atoms with Crippen molar-refractivity contribution in [2.45, 2.75) is 290 Å². The van der Waals surface area contributed by atoms with Crippen LogP contribution in [0.5, 0.6) is 0 Å². The number of rotatable bonds is 53. The molecule has 0 aromatic carbocycles. The van der Waals surface area contributed by atoms with E-state index in [-0.39, 0.29) is 31.1 Å². The largest absolute Gasteiger partial charge is 0.462 e. The van der Waals surface area contributed by atoms with Crippen LogP contribution in [0, 0.1) is 0 Å². The standard InChI is InChI=1S/C64H110O6/c1-4-7-10-13-16-19-22-25-28-29-30-31-32-33-34-35-37-39-42-45-48-51-54-57-63(66)69-60-61(59-68-62(65)56-53-50-47-44-41-38-27-24-21-18-15-12-9-6-3)70-64(67)58-55-52-49-46-43-40-36-26-23-20-17-14-11-8-5-2/h7,10,16-17,19-20,25-26,28,30-31,33-34,36,61H,4-6,8-9,11-15,18,21-24,27,29,32,35,37-60H2,1-3H3/b10-7-,19-16-,20-17-,28-25-,31-30-,34-33-,36-26-. The number of hydrogen-bond acceptors (Lipinski definition) is 6. The minimum atomic E-state index is -0.788. The van der Waals surface area contributed by atoms with Crippen LogP contribution in [0.2, 0.25) is 0 Å². The van der Waals surface area contributed by atoms with Crippen LogP contribution in [0.4, 0.5) is 0 Å². The molecule has 0 spiro atoms. The second kappa shape index (κ2) is 58.2. The monoisotopic (exact) mass is 975 g/mol. The summed E-state index contributed by atoms with van der Waals surface area (Å²) in [6, 6.07) is 0. The van der Waals surface area contributed by atoms with Crippen molar-refractivity contribution in [2.24, 2.45) is 0 Å². The van der Waals surface area contributed by atoms with Gasteiger partial charge in [0.05, 0.1) is 0 Å². The molecule has 402 valence electrons. The maximum Gasteiger partial charge on any atom is 0.306 e. The summed E-state index contributed by atoms with van der Waals surface area (Å²) in [7, 11) is 0. The Morgan fingerprint density at radius 2 is 0.557 bits per heavy atom. The van der Waals surface area contributed by atoms with E-state index < -0.39 is 6.10 Å². The lowest BCUT2D eigenvalue weighted by Gasteiger charge is -2.18. The summed E-state index contributed by atoms with van der Waals surface area (Å²) in [5, 5.41) is 0. The first-order valence-electron chi connectivity index (χ1n) is 29.6. The van der Waals surface area contributed by atoms with E-state index in [0.29, 0.717) is 19.3 Å². The molecule has 0 heterocycles. The Hall–Kier alpha value is -3.41. The van der Waals surface area contributed by atoms with Crippen LogP contribution in [-0.4, -0.2) is 37.2 Å². The summed E-state index contributed by atoms with van der Waals surface area (Å²) in [4.78, 5) is 38.2. The summed E-state index contributed by atoms with van der Waals surface area (Å²) in [5.41, 5.74) is 0. The van der Waals surface area contributed by atoms with Crippen molar-refractivity contribution in [1.29, 1.82) is 0 Å². The van der Waals surface area contributed by atoms with Gasteiger partial charge in [-0.3, -0.25) is 14.4 Å². The highest BCUT2D eigenvalue weighted by atomic mass is 16.6. The predicted octanol–water partition coefficient (Wildman–Crippen LogP) is 19.9. The molecule has 70 heavy (non-hydrogen) atoms. The van der Waals surface area contributed by atoms with Gasteiger partial charge >= 0.3 is 17.9 Å². The average molecular weight is 976 g/mol. The molecule has 0 amide bonds. The first-order chi connectivity index (χ1) is 34.5. The van der Waals surface area contributed by atoms with Gasteiger partial charge < -0.3 is 14.2 Å². The van der Waals surface area contributed by atoms with Crippen LogP contribution >= 0.6 is 0 Å². The molecule has 0 aromatic rings. The van der Waals surface area contributed by atoms with Gasteiger partial charge in [-0.2, -0.15) is 0 Å². The Bertz CT molecular complexity index is 1350. The molecule has 0 aliphatic carbocycles. The summed E-state index contributed by atoms with van der Waals surface area (Å²) >= 11 is 0. The second-order valence-corrected chi connectivity index (χ2v) is 19.5. The molecular formula is C64H110O6. The topological polar surface area (TPSA) is 78.9 Å². The Morgan fingerprint density at radius 3 is 0.900 bits per heavy atom. The lowest BCUT2D eigenvalue weighted by molar-refractivity contribution is -0.167. The molecule has 1 unspecified atom stereocenters. The van der Waals surface area contributed by atoms with Crippen molar-refractivity contribution in [3.05, 3.63) is 85.1 Å². The van der Waals surface area contributed by atoms with Crippen molar-refractivity contribution in [2.75, 3.05) is 13.2 Å². The smallest absolute Gasteiger partial charge is 0.306 e. The van der Waals surface area contributed by atoms with E-state index in [4.69, 9.17) is 14.2 Å².